The molecular formula is C18H25ClN2. The van der Waals surface area contributed by atoms with Gasteiger partial charge in [-0.15, -0.1) is 0 Å². The summed E-state index contributed by atoms with van der Waals surface area (Å²) in [5, 5.41) is 13.1. The van der Waals surface area contributed by atoms with E-state index in [2.05, 4.69) is 32.2 Å². The molecule has 1 aliphatic carbocycles. The maximum Gasteiger partial charge on any atom is 0.0992 e. The fourth-order valence-electron chi connectivity index (χ4n) is 3.22. The van der Waals surface area contributed by atoms with Crippen LogP contribution in [0, 0.1) is 28.6 Å². The van der Waals surface area contributed by atoms with Gasteiger partial charge in [-0.2, -0.15) is 5.26 Å². The summed E-state index contributed by atoms with van der Waals surface area (Å²) < 4.78 is 0. The molecule has 114 valence electrons. The predicted molar refractivity (Wildman–Crippen MR) is 89.6 cm³/mol. The molecule has 1 aromatic carbocycles. The van der Waals surface area contributed by atoms with Crippen molar-refractivity contribution in [2.24, 2.45) is 17.3 Å². The average molecular weight is 305 g/mol. The third-order valence-electron chi connectivity index (χ3n) is 4.75. The molecule has 0 unspecified atom stereocenters. The van der Waals surface area contributed by atoms with Gasteiger partial charge in [-0.25, -0.2) is 0 Å². The molecule has 0 amide bonds. The first-order valence-electron chi connectivity index (χ1n) is 7.83. The zero-order chi connectivity index (χ0) is 15.5. The fraction of sp³-hybridized carbons (Fsp3) is 0.611. The van der Waals surface area contributed by atoms with Crippen molar-refractivity contribution >= 4 is 17.3 Å². The zero-order valence-electron chi connectivity index (χ0n) is 13.2. The van der Waals surface area contributed by atoms with E-state index in [0.29, 0.717) is 21.9 Å². The number of halogens is 1. The van der Waals surface area contributed by atoms with Gasteiger partial charge in [0.25, 0.3) is 0 Å². The molecule has 1 aromatic rings. The van der Waals surface area contributed by atoms with Crippen molar-refractivity contribution < 1.29 is 0 Å². The van der Waals surface area contributed by atoms with E-state index >= 15 is 0 Å². The fourth-order valence-corrected chi connectivity index (χ4v) is 3.40. The normalized spacial score (nSPS) is 22.6. The molecule has 3 heteroatoms. The summed E-state index contributed by atoms with van der Waals surface area (Å²) in [6.45, 7) is 8.00. The molecule has 2 nitrogen and oxygen atoms in total. The Labute approximate surface area is 133 Å². The molecule has 0 spiro atoms. The van der Waals surface area contributed by atoms with Gasteiger partial charge in [-0.1, -0.05) is 32.4 Å². The Balaban J connectivity index is 1.87. The maximum absolute atomic E-state index is 8.95. The van der Waals surface area contributed by atoms with Gasteiger partial charge in [0.2, 0.25) is 0 Å². The highest BCUT2D eigenvalue weighted by molar-refractivity contribution is 6.33. The lowest BCUT2D eigenvalue weighted by atomic mass is 9.70. The first kappa shape index (κ1) is 16.2. The molecule has 0 atom stereocenters. The standard InChI is InChI=1S/C18H25ClN2/c1-18(2,3)15-7-4-13(5-8-15)12-21-17-10-14(11-20)6-9-16(17)19/h6,9-10,13,15,21H,4-5,7-8,12H2,1-3H3. The average Bonchev–Trinajstić information content (AvgIpc) is 2.46. The van der Waals surface area contributed by atoms with Crippen molar-refractivity contribution in [3.05, 3.63) is 28.8 Å². The number of hydrogen-bond donors (Lipinski definition) is 1. The van der Waals surface area contributed by atoms with Crippen molar-refractivity contribution in [3.8, 4) is 6.07 Å². The number of nitrogens with one attached hydrogen (secondary N) is 1. The second-order valence-corrected chi connectivity index (χ2v) is 7.68. The Morgan fingerprint density at radius 3 is 2.48 bits per heavy atom. The molecule has 1 aliphatic rings. The van der Waals surface area contributed by atoms with Crippen LogP contribution in [0.25, 0.3) is 0 Å². The van der Waals surface area contributed by atoms with Crippen molar-refractivity contribution in [2.45, 2.75) is 46.5 Å². The quantitative estimate of drug-likeness (QED) is 0.803. The zero-order valence-corrected chi connectivity index (χ0v) is 14.0. The van der Waals surface area contributed by atoms with E-state index in [1.54, 1.807) is 12.1 Å². The summed E-state index contributed by atoms with van der Waals surface area (Å²) in [7, 11) is 0. The van der Waals surface area contributed by atoms with Crippen LogP contribution in [0.3, 0.4) is 0 Å². The maximum atomic E-state index is 8.95. The van der Waals surface area contributed by atoms with Gasteiger partial charge in [0, 0.05) is 6.54 Å². The predicted octanol–water partition coefficient (Wildman–Crippen LogP) is 5.48. The van der Waals surface area contributed by atoms with E-state index in [1.165, 1.54) is 25.7 Å². The highest BCUT2D eigenvalue weighted by Crippen LogP contribution is 2.39. The van der Waals surface area contributed by atoms with Gasteiger partial charge in [-0.3, -0.25) is 0 Å². The summed E-state index contributed by atoms with van der Waals surface area (Å²) in [5.74, 6) is 1.56. The van der Waals surface area contributed by atoms with Crippen LogP contribution in [-0.4, -0.2) is 6.54 Å². The van der Waals surface area contributed by atoms with E-state index in [0.717, 1.165) is 18.2 Å². The van der Waals surface area contributed by atoms with Crippen molar-refractivity contribution in [2.75, 3.05) is 11.9 Å². The third-order valence-corrected chi connectivity index (χ3v) is 5.08. The number of hydrogen-bond acceptors (Lipinski definition) is 2. The molecule has 1 saturated carbocycles. The number of anilines is 1. The van der Waals surface area contributed by atoms with Crippen LogP contribution < -0.4 is 5.32 Å². The van der Waals surface area contributed by atoms with E-state index in [-0.39, 0.29) is 0 Å². The SMILES string of the molecule is CC(C)(C)C1CCC(CNc2cc(C#N)ccc2Cl)CC1. The van der Waals surface area contributed by atoms with Gasteiger partial charge < -0.3 is 5.32 Å². The molecule has 1 N–H and O–H groups in total. The van der Waals surface area contributed by atoms with Crippen LogP contribution in [0.4, 0.5) is 5.69 Å². The van der Waals surface area contributed by atoms with E-state index < -0.39 is 0 Å². The van der Waals surface area contributed by atoms with Crippen LogP contribution in [0.15, 0.2) is 18.2 Å². The smallest absolute Gasteiger partial charge is 0.0992 e. The summed E-state index contributed by atoms with van der Waals surface area (Å²) in [6, 6.07) is 7.54. The van der Waals surface area contributed by atoms with Crippen molar-refractivity contribution in [1.82, 2.24) is 0 Å². The lowest BCUT2D eigenvalue weighted by molar-refractivity contribution is 0.153. The second kappa shape index (κ2) is 6.71. The second-order valence-electron chi connectivity index (χ2n) is 7.27. The van der Waals surface area contributed by atoms with Crippen LogP contribution in [0.1, 0.15) is 52.0 Å². The molecule has 0 saturated heterocycles. The number of benzene rings is 1. The molecule has 0 aliphatic heterocycles. The number of nitriles is 1. The first-order chi connectivity index (χ1) is 9.90. The van der Waals surface area contributed by atoms with Gasteiger partial charge in [-0.05, 0) is 61.1 Å². The van der Waals surface area contributed by atoms with Gasteiger partial charge >= 0.3 is 0 Å². The van der Waals surface area contributed by atoms with Crippen LogP contribution in [0.2, 0.25) is 5.02 Å². The number of rotatable bonds is 3. The highest BCUT2D eigenvalue weighted by Gasteiger charge is 2.29. The van der Waals surface area contributed by atoms with Crippen LogP contribution in [-0.2, 0) is 0 Å². The minimum atomic E-state index is 0.433. The molecular weight excluding hydrogens is 280 g/mol. The molecule has 0 radical (unpaired) electrons. The Hall–Kier alpha value is -1.20. The van der Waals surface area contributed by atoms with E-state index in [4.69, 9.17) is 16.9 Å². The van der Waals surface area contributed by atoms with Crippen LogP contribution in [0.5, 0.6) is 0 Å². The van der Waals surface area contributed by atoms with Gasteiger partial charge in [0.15, 0.2) is 0 Å². The van der Waals surface area contributed by atoms with Crippen LogP contribution >= 0.6 is 11.6 Å². The lowest BCUT2D eigenvalue weighted by Gasteiger charge is -2.37. The highest BCUT2D eigenvalue weighted by atomic mass is 35.5. The Morgan fingerprint density at radius 2 is 1.90 bits per heavy atom. The summed E-state index contributed by atoms with van der Waals surface area (Å²) in [5.41, 5.74) is 1.97. The molecule has 1 fully saturated rings. The topological polar surface area (TPSA) is 35.8 Å². The van der Waals surface area contributed by atoms with Gasteiger partial charge in [0.05, 0.1) is 22.3 Å². The minimum Gasteiger partial charge on any atom is -0.384 e. The summed E-state index contributed by atoms with van der Waals surface area (Å²) in [6.07, 6.45) is 5.21. The Bertz CT molecular complexity index is 517. The monoisotopic (exact) mass is 304 g/mol. The van der Waals surface area contributed by atoms with Crippen molar-refractivity contribution in [1.29, 1.82) is 5.26 Å². The minimum absolute atomic E-state index is 0.433. The molecule has 0 aromatic heterocycles. The number of nitrogens with zero attached hydrogens (tertiary/aromatic N) is 1. The molecule has 21 heavy (non-hydrogen) atoms. The molecule has 2 rings (SSSR count). The third kappa shape index (κ3) is 4.38. The van der Waals surface area contributed by atoms with Gasteiger partial charge in [0.1, 0.15) is 0 Å². The molecule has 0 heterocycles. The lowest BCUT2D eigenvalue weighted by Crippen LogP contribution is -2.28. The Kier molecular flexibility index (Phi) is 5.17. The van der Waals surface area contributed by atoms with Crippen molar-refractivity contribution in [3.63, 3.8) is 0 Å². The van der Waals surface area contributed by atoms with E-state index in [1.807, 2.05) is 6.07 Å². The molecule has 0 bridgehead atoms. The Morgan fingerprint density at radius 1 is 1.24 bits per heavy atom. The summed E-state index contributed by atoms with van der Waals surface area (Å²) in [4.78, 5) is 0. The first-order valence-corrected chi connectivity index (χ1v) is 8.21. The summed E-state index contributed by atoms with van der Waals surface area (Å²) >= 11 is 6.18. The van der Waals surface area contributed by atoms with E-state index in [9.17, 15) is 0 Å². The largest absolute Gasteiger partial charge is 0.384 e.